The zero-order valence-electron chi connectivity index (χ0n) is 9.32. The summed E-state index contributed by atoms with van der Waals surface area (Å²) in [5.74, 6) is 0.108. The lowest BCUT2D eigenvalue weighted by Gasteiger charge is -2.06. The highest BCUT2D eigenvalue weighted by Crippen LogP contribution is 2.17. The predicted molar refractivity (Wildman–Crippen MR) is 71.7 cm³/mol. The molecule has 5 nitrogen and oxygen atoms in total. The predicted octanol–water partition coefficient (Wildman–Crippen LogP) is 2.85. The largest absolute Gasteiger partial charge is 0.305 e. The van der Waals surface area contributed by atoms with E-state index in [1.165, 1.54) is 12.4 Å². The lowest BCUT2D eigenvalue weighted by molar-refractivity contribution is 0.102. The van der Waals surface area contributed by atoms with Crippen molar-refractivity contribution in [3.8, 4) is 0 Å². The highest BCUT2D eigenvalue weighted by atomic mass is 79.9. The highest BCUT2D eigenvalue weighted by molar-refractivity contribution is 9.10. The first-order valence-corrected chi connectivity index (χ1v) is 6.14. The Morgan fingerprint density at radius 1 is 1.28 bits per heavy atom. The molecule has 0 bridgehead atoms. The number of hydrogen-bond donors (Lipinski definition) is 1. The van der Waals surface area contributed by atoms with E-state index in [1.54, 1.807) is 6.20 Å². The standard InChI is InChI=1S/C11H8BrClN4O/c1-6-2-7(12)3-16-10(6)17-11(18)8-4-15-9(13)5-14-8/h2-5H,1H3,(H,16,17,18). The van der Waals surface area contributed by atoms with Crippen LogP contribution < -0.4 is 5.32 Å². The van der Waals surface area contributed by atoms with E-state index in [1.807, 2.05) is 13.0 Å². The van der Waals surface area contributed by atoms with Gasteiger partial charge in [-0.1, -0.05) is 11.6 Å². The molecular formula is C11H8BrClN4O. The third-order valence-electron chi connectivity index (χ3n) is 2.13. The van der Waals surface area contributed by atoms with Gasteiger partial charge >= 0.3 is 0 Å². The number of nitrogens with one attached hydrogen (secondary N) is 1. The summed E-state index contributed by atoms with van der Waals surface area (Å²) >= 11 is 8.90. The first-order chi connectivity index (χ1) is 8.56. The van der Waals surface area contributed by atoms with E-state index in [0.29, 0.717) is 5.82 Å². The molecule has 1 N–H and O–H groups in total. The molecule has 0 saturated heterocycles. The summed E-state index contributed by atoms with van der Waals surface area (Å²) in [6.45, 7) is 1.85. The van der Waals surface area contributed by atoms with Crippen LogP contribution in [-0.2, 0) is 0 Å². The van der Waals surface area contributed by atoms with E-state index < -0.39 is 0 Å². The van der Waals surface area contributed by atoms with Crippen LogP contribution in [0.25, 0.3) is 0 Å². The van der Waals surface area contributed by atoms with Crippen molar-refractivity contribution in [1.29, 1.82) is 0 Å². The molecule has 2 aromatic heterocycles. The average Bonchev–Trinajstić information content (AvgIpc) is 2.33. The Hall–Kier alpha value is -1.53. The first kappa shape index (κ1) is 12.9. The maximum absolute atomic E-state index is 11.9. The molecule has 0 spiro atoms. The number of hydrogen-bond acceptors (Lipinski definition) is 4. The number of rotatable bonds is 2. The van der Waals surface area contributed by atoms with E-state index in [-0.39, 0.29) is 16.8 Å². The molecule has 2 heterocycles. The molecule has 0 aromatic carbocycles. The second kappa shape index (κ2) is 5.41. The van der Waals surface area contributed by atoms with Crippen molar-refractivity contribution < 1.29 is 4.79 Å². The van der Waals surface area contributed by atoms with Crippen molar-refractivity contribution >= 4 is 39.3 Å². The molecule has 0 saturated carbocycles. The molecule has 18 heavy (non-hydrogen) atoms. The molecule has 0 radical (unpaired) electrons. The van der Waals surface area contributed by atoms with Crippen LogP contribution >= 0.6 is 27.5 Å². The minimum Gasteiger partial charge on any atom is -0.305 e. The monoisotopic (exact) mass is 326 g/mol. The van der Waals surface area contributed by atoms with Gasteiger partial charge in [0.1, 0.15) is 16.7 Å². The second-order valence-electron chi connectivity index (χ2n) is 3.50. The van der Waals surface area contributed by atoms with Crippen LogP contribution in [0, 0.1) is 6.92 Å². The molecule has 0 aliphatic heterocycles. The van der Waals surface area contributed by atoms with Crippen molar-refractivity contribution in [1.82, 2.24) is 15.0 Å². The molecule has 2 rings (SSSR count). The van der Waals surface area contributed by atoms with Crippen LogP contribution in [0.15, 0.2) is 29.1 Å². The van der Waals surface area contributed by atoms with Gasteiger partial charge in [-0.15, -0.1) is 0 Å². The smallest absolute Gasteiger partial charge is 0.277 e. The minimum absolute atomic E-state index is 0.184. The van der Waals surface area contributed by atoms with Crippen LogP contribution in [0.2, 0.25) is 5.15 Å². The number of pyridine rings is 1. The molecule has 7 heteroatoms. The highest BCUT2D eigenvalue weighted by Gasteiger charge is 2.10. The lowest BCUT2D eigenvalue weighted by Crippen LogP contribution is -2.15. The lowest BCUT2D eigenvalue weighted by atomic mass is 10.3. The zero-order chi connectivity index (χ0) is 13.1. The van der Waals surface area contributed by atoms with E-state index >= 15 is 0 Å². The van der Waals surface area contributed by atoms with Crippen molar-refractivity contribution in [2.45, 2.75) is 6.92 Å². The fraction of sp³-hybridized carbons (Fsp3) is 0.0909. The van der Waals surface area contributed by atoms with Gasteiger partial charge in [0.05, 0.1) is 12.4 Å². The van der Waals surface area contributed by atoms with Gasteiger partial charge < -0.3 is 5.32 Å². The molecule has 0 unspecified atom stereocenters. The Balaban J connectivity index is 2.18. The molecule has 2 aromatic rings. The molecule has 0 fully saturated rings. The fourth-order valence-corrected chi connectivity index (χ4v) is 1.82. The third-order valence-corrected chi connectivity index (χ3v) is 2.76. The van der Waals surface area contributed by atoms with Crippen LogP contribution in [0.3, 0.4) is 0 Å². The second-order valence-corrected chi connectivity index (χ2v) is 4.80. The third kappa shape index (κ3) is 3.02. The van der Waals surface area contributed by atoms with Crippen molar-refractivity contribution in [3.63, 3.8) is 0 Å². The summed E-state index contributed by atoms with van der Waals surface area (Å²) in [6.07, 6.45) is 4.24. The Morgan fingerprint density at radius 2 is 2.06 bits per heavy atom. The van der Waals surface area contributed by atoms with Crippen LogP contribution in [0.5, 0.6) is 0 Å². The van der Waals surface area contributed by atoms with Gasteiger partial charge in [-0.25, -0.2) is 15.0 Å². The topological polar surface area (TPSA) is 67.8 Å². The van der Waals surface area contributed by atoms with E-state index in [9.17, 15) is 4.79 Å². The zero-order valence-corrected chi connectivity index (χ0v) is 11.7. The number of halogens is 2. The minimum atomic E-state index is -0.378. The summed E-state index contributed by atoms with van der Waals surface area (Å²) in [5.41, 5.74) is 1.03. The molecular weight excluding hydrogens is 320 g/mol. The van der Waals surface area contributed by atoms with Gasteiger partial charge in [-0.05, 0) is 34.5 Å². The Morgan fingerprint density at radius 3 is 2.67 bits per heavy atom. The van der Waals surface area contributed by atoms with Crippen LogP contribution in [-0.4, -0.2) is 20.9 Å². The van der Waals surface area contributed by atoms with Crippen molar-refractivity contribution in [2.24, 2.45) is 0 Å². The molecule has 0 aliphatic rings. The maximum Gasteiger partial charge on any atom is 0.277 e. The van der Waals surface area contributed by atoms with Crippen molar-refractivity contribution in [3.05, 3.63) is 45.5 Å². The van der Waals surface area contributed by atoms with Gasteiger partial charge in [0.15, 0.2) is 0 Å². The summed E-state index contributed by atoms with van der Waals surface area (Å²) in [4.78, 5) is 23.6. The number of anilines is 1. The van der Waals surface area contributed by atoms with Gasteiger partial charge in [0.25, 0.3) is 5.91 Å². The van der Waals surface area contributed by atoms with Crippen LogP contribution in [0.1, 0.15) is 16.1 Å². The van der Waals surface area contributed by atoms with Gasteiger partial charge in [-0.2, -0.15) is 0 Å². The normalized spacial score (nSPS) is 10.2. The van der Waals surface area contributed by atoms with Crippen LogP contribution in [0.4, 0.5) is 5.82 Å². The summed E-state index contributed by atoms with van der Waals surface area (Å²) in [7, 11) is 0. The number of aryl methyl sites for hydroxylation is 1. The molecule has 1 amide bonds. The fourth-order valence-electron chi connectivity index (χ4n) is 1.27. The van der Waals surface area contributed by atoms with Gasteiger partial charge in [-0.3, -0.25) is 4.79 Å². The summed E-state index contributed by atoms with van der Waals surface area (Å²) in [5, 5.41) is 2.90. The van der Waals surface area contributed by atoms with Crippen molar-refractivity contribution in [2.75, 3.05) is 5.32 Å². The molecule has 92 valence electrons. The maximum atomic E-state index is 11.9. The Bertz CT molecular complexity index is 588. The van der Waals surface area contributed by atoms with Gasteiger partial charge in [0, 0.05) is 10.7 Å². The molecule has 0 aliphatic carbocycles. The summed E-state index contributed by atoms with van der Waals surface area (Å²) < 4.78 is 0.851. The molecule has 0 atom stereocenters. The number of nitrogens with zero attached hydrogens (tertiary/aromatic N) is 3. The van der Waals surface area contributed by atoms with E-state index in [4.69, 9.17) is 11.6 Å². The van der Waals surface area contributed by atoms with Gasteiger partial charge in [0.2, 0.25) is 0 Å². The number of aromatic nitrogens is 3. The summed E-state index contributed by atoms with van der Waals surface area (Å²) in [6, 6.07) is 1.86. The quantitative estimate of drug-likeness (QED) is 0.921. The average molecular weight is 328 g/mol. The SMILES string of the molecule is Cc1cc(Br)cnc1NC(=O)c1cnc(Cl)cn1. The number of carbonyl (C=O) groups excluding carboxylic acids is 1. The number of amides is 1. The first-order valence-electron chi connectivity index (χ1n) is 4.97. The van der Waals surface area contributed by atoms with E-state index in [2.05, 4.69) is 36.2 Å². The van der Waals surface area contributed by atoms with E-state index in [0.717, 1.165) is 10.0 Å². The number of carbonyl (C=O) groups is 1. The Labute approximate surface area is 117 Å². The Kier molecular flexibility index (Phi) is 3.88.